The van der Waals surface area contributed by atoms with E-state index in [0.717, 1.165) is 15.8 Å². The lowest BCUT2D eigenvalue weighted by Crippen LogP contribution is -1.88. The molecule has 1 heterocycles. The van der Waals surface area contributed by atoms with E-state index in [1.807, 2.05) is 18.4 Å². The van der Waals surface area contributed by atoms with Crippen LogP contribution in [0, 0.1) is 6.92 Å². The number of hydrogen-bond acceptors (Lipinski definition) is 3. The molecule has 1 rings (SSSR count). The summed E-state index contributed by atoms with van der Waals surface area (Å²) >= 11 is 1.43. The lowest BCUT2D eigenvalue weighted by molar-refractivity contribution is 0.494. The molecule has 0 atom stereocenters. The first-order chi connectivity index (χ1) is 5.47. The third-order valence-corrected chi connectivity index (χ3v) is 2.65. The molecule has 1 aromatic rings. The third kappa shape index (κ3) is 3.17. The van der Waals surface area contributed by atoms with Gasteiger partial charge in [-0.3, -0.25) is 4.55 Å². The Morgan fingerprint density at radius 2 is 2.25 bits per heavy atom. The Morgan fingerprint density at radius 3 is 2.67 bits per heavy atom. The minimum Gasteiger partial charge on any atom is -0.282 e. The molecule has 0 aromatic carbocycles. The smallest absolute Gasteiger partial charge is 0.282 e. The lowest BCUT2D eigenvalue weighted by Gasteiger charge is -1.82. The summed E-state index contributed by atoms with van der Waals surface area (Å²) in [5.74, 6) is 0. The van der Waals surface area contributed by atoms with E-state index >= 15 is 0 Å². The first kappa shape index (κ1) is 9.44. The summed E-state index contributed by atoms with van der Waals surface area (Å²) in [6, 6.07) is 1.84. The van der Waals surface area contributed by atoms with E-state index < -0.39 is 10.1 Å². The molecule has 66 valence electrons. The van der Waals surface area contributed by atoms with Crippen molar-refractivity contribution in [1.29, 1.82) is 0 Å². The van der Waals surface area contributed by atoms with Gasteiger partial charge in [-0.25, -0.2) is 0 Å². The monoisotopic (exact) mass is 204 g/mol. The first-order valence-electron chi connectivity index (χ1n) is 3.18. The van der Waals surface area contributed by atoms with Crippen LogP contribution in [0.15, 0.2) is 16.9 Å². The van der Waals surface area contributed by atoms with Crippen LogP contribution >= 0.6 is 11.3 Å². The van der Waals surface area contributed by atoms with Crippen molar-refractivity contribution >= 4 is 27.5 Å². The Kier molecular flexibility index (Phi) is 2.66. The van der Waals surface area contributed by atoms with Crippen molar-refractivity contribution in [2.45, 2.75) is 6.92 Å². The number of hydrogen-bond donors (Lipinski definition) is 1. The van der Waals surface area contributed by atoms with Crippen molar-refractivity contribution in [2.75, 3.05) is 0 Å². The molecule has 0 aliphatic carbocycles. The predicted octanol–water partition coefficient (Wildman–Crippen LogP) is 1.92. The van der Waals surface area contributed by atoms with Gasteiger partial charge in [-0.05, 0) is 30.0 Å². The summed E-state index contributed by atoms with van der Waals surface area (Å²) in [4.78, 5) is 0.810. The van der Waals surface area contributed by atoms with Gasteiger partial charge in [0, 0.05) is 4.88 Å². The van der Waals surface area contributed by atoms with Gasteiger partial charge in [-0.2, -0.15) is 8.42 Å². The standard InChI is InChI=1S/C7H8O3S2/c1-6-4-7(11-5-6)2-3-12(8,9)10/h2-5H,1H3,(H,8,9,10)/b3-2+. The zero-order valence-electron chi connectivity index (χ0n) is 6.39. The molecule has 0 amide bonds. The molecule has 0 bridgehead atoms. The van der Waals surface area contributed by atoms with Crippen LogP contribution in [0.3, 0.4) is 0 Å². The van der Waals surface area contributed by atoms with Crippen LogP contribution in [0.1, 0.15) is 10.4 Å². The topological polar surface area (TPSA) is 54.4 Å². The second kappa shape index (κ2) is 3.38. The molecule has 0 aliphatic rings. The van der Waals surface area contributed by atoms with E-state index in [2.05, 4.69) is 0 Å². The summed E-state index contributed by atoms with van der Waals surface area (Å²) in [7, 11) is -3.99. The highest BCUT2D eigenvalue weighted by Crippen LogP contribution is 2.15. The van der Waals surface area contributed by atoms with Gasteiger partial charge in [-0.15, -0.1) is 11.3 Å². The van der Waals surface area contributed by atoms with Gasteiger partial charge in [0.1, 0.15) is 0 Å². The zero-order chi connectivity index (χ0) is 9.19. The van der Waals surface area contributed by atoms with Crippen molar-refractivity contribution in [3.8, 4) is 0 Å². The molecule has 0 unspecified atom stereocenters. The largest absolute Gasteiger partial charge is 0.287 e. The van der Waals surface area contributed by atoms with E-state index in [-0.39, 0.29) is 0 Å². The molecule has 0 fully saturated rings. The SMILES string of the molecule is Cc1csc(/C=C/S(=O)(=O)O)c1. The fraction of sp³-hybridized carbons (Fsp3) is 0.143. The van der Waals surface area contributed by atoms with Crippen molar-refractivity contribution in [2.24, 2.45) is 0 Å². The van der Waals surface area contributed by atoms with Gasteiger partial charge < -0.3 is 0 Å². The minimum atomic E-state index is -3.99. The Labute approximate surface area is 75.1 Å². The minimum absolute atomic E-state index is 0.776. The van der Waals surface area contributed by atoms with E-state index in [4.69, 9.17) is 4.55 Å². The number of rotatable bonds is 2. The van der Waals surface area contributed by atoms with Gasteiger partial charge in [0.2, 0.25) is 0 Å². The normalized spacial score (nSPS) is 12.5. The van der Waals surface area contributed by atoms with E-state index in [1.165, 1.54) is 17.4 Å². The average Bonchev–Trinajstić information content (AvgIpc) is 2.30. The van der Waals surface area contributed by atoms with E-state index in [1.54, 1.807) is 0 Å². The number of thiophene rings is 1. The zero-order valence-corrected chi connectivity index (χ0v) is 8.02. The Morgan fingerprint density at radius 1 is 1.58 bits per heavy atom. The fourth-order valence-electron chi connectivity index (χ4n) is 0.694. The predicted molar refractivity (Wildman–Crippen MR) is 49.6 cm³/mol. The molecule has 1 aromatic heterocycles. The Bertz CT molecular complexity index is 387. The second-order valence-corrected chi connectivity index (χ2v) is 4.59. The Hall–Kier alpha value is -0.650. The van der Waals surface area contributed by atoms with Crippen LogP contribution in [-0.4, -0.2) is 13.0 Å². The third-order valence-electron chi connectivity index (χ3n) is 1.16. The molecule has 12 heavy (non-hydrogen) atoms. The van der Waals surface area contributed by atoms with E-state index in [0.29, 0.717) is 0 Å². The average molecular weight is 204 g/mol. The molecule has 0 radical (unpaired) electrons. The van der Waals surface area contributed by atoms with Crippen LogP contribution in [0.25, 0.3) is 6.08 Å². The van der Waals surface area contributed by atoms with Crippen molar-refractivity contribution in [3.05, 3.63) is 27.3 Å². The summed E-state index contributed by atoms with van der Waals surface area (Å²) in [5, 5.41) is 2.68. The molecule has 1 N–H and O–H groups in total. The Balaban J connectivity index is 2.84. The number of aryl methyl sites for hydroxylation is 1. The second-order valence-electron chi connectivity index (χ2n) is 2.34. The molecule has 0 spiro atoms. The van der Waals surface area contributed by atoms with Crippen LogP contribution in [0.4, 0.5) is 0 Å². The van der Waals surface area contributed by atoms with Gasteiger partial charge >= 0.3 is 0 Å². The maximum absolute atomic E-state index is 10.3. The van der Waals surface area contributed by atoms with Crippen molar-refractivity contribution in [1.82, 2.24) is 0 Å². The van der Waals surface area contributed by atoms with Crippen molar-refractivity contribution in [3.63, 3.8) is 0 Å². The molecular weight excluding hydrogens is 196 g/mol. The van der Waals surface area contributed by atoms with Gasteiger partial charge in [0.05, 0.1) is 5.41 Å². The van der Waals surface area contributed by atoms with E-state index in [9.17, 15) is 8.42 Å². The van der Waals surface area contributed by atoms with Crippen LogP contribution < -0.4 is 0 Å². The first-order valence-corrected chi connectivity index (χ1v) is 5.56. The highest BCUT2D eigenvalue weighted by molar-refractivity contribution is 7.88. The maximum atomic E-state index is 10.3. The highest BCUT2D eigenvalue weighted by Gasteiger charge is 1.96. The fourth-order valence-corrected chi connectivity index (χ4v) is 1.89. The maximum Gasteiger partial charge on any atom is 0.287 e. The quantitative estimate of drug-likeness (QED) is 0.749. The van der Waals surface area contributed by atoms with Gasteiger partial charge in [0.25, 0.3) is 10.1 Å². The van der Waals surface area contributed by atoms with Crippen LogP contribution in [0.5, 0.6) is 0 Å². The summed E-state index contributed by atoms with van der Waals surface area (Å²) in [6.45, 7) is 1.92. The molecule has 0 saturated heterocycles. The summed E-state index contributed by atoms with van der Waals surface area (Å²) in [5.41, 5.74) is 1.08. The van der Waals surface area contributed by atoms with Crippen LogP contribution in [0.2, 0.25) is 0 Å². The molecule has 3 nitrogen and oxygen atoms in total. The molecular formula is C7H8O3S2. The lowest BCUT2D eigenvalue weighted by atomic mass is 10.3. The highest BCUT2D eigenvalue weighted by atomic mass is 32.2. The van der Waals surface area contributed by atoms with Crippen molar-refractivity contribution < 1.29 is 13.0 Å². The van der Waals surface area contributed by atoms with Crippen LogP contribution in [-0.2, 0) is 10.1 Å². The molecule has 5 heteroatoms. The summed E-state index contributed by atoms with van der Waals surface area (Å²) in [6.07, 6.45) is 1.37. The molecule has 0 saturated carbocycles. The van der Waals surface area contributed by atoms with Gasteiger partial charge in [-0.1, -0.05) is 0 Å². The van der Waals surface area contributed by atoms with Gasteiger partial charge in [0.15, 0.2) is 0 Å². The summed E-state index contributed by atoms with van der Waals surface area (Å²) < 4.78 is 28.9. The molecule has 0 aliphatic heterocycles.